The maximum atomic E-state index is 13.8. The van der Waals surface area contributed by atoms with E-state index in [1.807, 2.05) is 18.9 Å². The third-order valence-corrected chi connectivity index (χ3v) is 6.40. The van der Waals surface area contributed by atoms with Crippen LogP contribution in [0.3, 0.4) is 0 Å². The molecule has 0 aromatic heterocycles. The molecular weight excluding hydrogens is 357 g/mol. The van der Waals surface area contributed by atoms with Crippen molar-refractivity contribution < 1.29 is 14.0 Å². The van der Waals surface area contributed by atoms with E-state index in [0.717, 1.165) is 12.8 Å². The van der Waals surface area contributed by atoms with E-state index in [9.17, 15) is 14.0 Å². The van der Waals surface area contributed by atoms with Gasteiger partial charge in [0.05, 0.1) is 6.04 Å². The van der Waals surface area contributed by atoms with Crippen LogP contribution in [-0.2, 0) is 4.79 Å². The quantitative estimate of drug-likeness (QED) is 0.795. The standard InChI is InChI=1S/C22H32FN3O2/c1-16-9-10-18(15-20(16)23)22(28)26-13-11-25(12-14-26)17(2)21(27)24(3)19-7-5-4-6-8-19/h9-10,15,17,19H,4-8,11-14H2,1-3H3. The lowest BCUT2D eigenvalue weighted by molar-refractivity contribution is -0.138. The molecule has 0 spiro atoms. The molecule has 154 valence electrons. The Bertz CT molecular complexity index is 710. The first-order valence-corrected chi connectivity index (χ1v) is 10.4. The number of nitrogens with zero attached hydrogens (tertiary/aromatic N) is 3. The van der Waals surface area contributed by atoms with Gasteiger partial charge in [0.2, 0.25) is 5.91 Å². The summed E-state index contributed by atoms with van der Waals surface area (Å²) < 4.78 is 13.8. The van der Waals surface area contributed by atoms with E-state index in [4.69, 9.17) is 0 Å². The first-order chi connectivity index (χ1) is 13.4. The van der Waals surface area contributed by atoms with Crippen LogP contribution in [-0.4, -0.2) is 71.8 Å². The number of amides is 2. The third kappa shape index (κ3) is 4.54. The van der Waals surface area contributed by atoms with Crippen molar-refractivity contribution in [2.45, 2.75) is 58.0 Å². The summed E-state index contributed by atoms with van der Waals surface area (Å²) in [5.41, 5.74) is 0.925. The molecule has 6 heteroatoms. The highest BCUT2D eigenvalue weighted by atomic mass is 19.1. The van der Waals surface area contributed by atoms with Crippen LogP contribution in [0.25, 0.3) is 0 Å². The van der Waals surface area contributed by atoms with Crippen LogP contribution >= 0.6 is 0 Å². The summed E-state index contributed by atoms with van der Waals surface area (Å²) in [5.74, 6) is -0.321. The van der Waals surface area contributed by atoms with Gasteiger partial charge >= 0.3 is 0 Å². The number of halogens is 1. The molecule has 2 amide bonds. The number of piperazine rings is 1. The van der Waals surface area contributed by atoms with Gasteiger partial charge in [0.15, 0.2) is 0 Å². The van der Waals surface area contributed by atoms with Crippen LogP contribution in [0.1, 0.15) is 54.9 Å². The Morgan fingerprint density at radius 2 is 1.75 bits per heavy atom. The van der Waals surface area contributed by atoms with Gasteiger partial charge in [0.25, 0.3) is 5.91 Å². The number of benzene rings is 1. The van der Waals surface area contributed by atoms with Crippen molar-refractivity contribution in [3.05, 3.63) is 35.1 Å². The van der Waals surface area contributed by atoms with Gasteiger partial charge < -0.3 is 9.80 Å². The van der Waals surface area contributed by atoms with Gasteiger partial charge in [-0.2, -0.15) is 0 Å². The van der Waals surface area contributed by atoms with E-state index in [0.29, 0.717) is 43.3 Å². The number of likely N-dealkylation sites (N-methyl/N-ethyl adjacent to an activating group) is 1. The predicted octanol–water partition coefficient (Wildman–Crippen LogP) is 3.07. The van der Waals surface area contributed by atoms with Gasteiger partial charge in [-0.25, -0.2) is 4.39 Å². The normalized spacial score (nSPS) is 20.1. The number of rotatable bonds is 4. The van der Waals surface area contributed by atoms with E-state index in [-0.39, 0.29) is 23.7 Å². The molecule has 2 fully saturated rings. The highest BCUT2D eigenvalue weighted by Gasteiger charge is 2.31. The number of hydrogen-bond donors (Lipinski definition) is 0. The molecule has 0 bridgehead atoms. The van der Waals surface area contributed by atoms with Crippen molar-refractivity contribution in [1.82, 2.24) is 14.7 Å². The van der Waals surface area contributed by atoms with Crippen molar-refractivity contribution in [2.24, 2.45) is 0 Å². The number of hydrogen-bond acceptors (Lipinski definition) is 3. The molecule has 28 heavy (non-hydrogen) atoms. The molecule has 5 nitrogen and oxygen atoms in total. The molecule has 0 radical (unpaired) electrons. The topological polar surface area (TPSA) is 43.9 Å². The van der Waals surface area contributed by atoms with Gasteiger partial charge in [0.1, 0.15) is 5.82 Å². The lowest BCUT2D eigenvalue weighted by atomic mass is 9.94. The monoisotopic (exact) mass is 389 g/mol. The molecule has 1 aliphatic heterocycles. The van der Waals surface area contributed by atoms with Crippen molar-refractivity contribution in [3.8, 4) is 0 Å². The average Bonchev–Trinajstić information content (AvgIpc) is 2.74. The Morgan fingerprint density at radius 3 is 2.36 bits per heavy atom. The summed E-state index contributed by atoms with van der Waals surface area (Å²) in [5, 5.41) is 0. The van der Waals surface area contributed by atoms with Crippen molar-refractivity contribution >= 4 is 11.8 Å². The smallest absolute Gasteiger partial charge is 0.254 e. The second-order valence-electron chi connectivity index (χ2n) is 8.21. The molecule has 1 unspecified atom stereocenters. The van der Waals surface area contributed by atoms with E-state index in [1.54, 1.807) is 24.0 Å². The first-order valence-electron chi connectivity index (χ1n) is 10.4. The second-order valence-corrected chi connectivity index (χ2v) is 8.21. The Balaban J connectivity index is 1.54. The van der Waals surface area contributed by atoms with Gasteiger partial charge in [-0.3, -0.25) is 14.5 Å². The molecule has 1 aliphatic carbocycles. The van der Waals surface area contributed by atoms with Crippen molar-refractivity contribution in [2.75, 3.05) is 33.2 Å². The molecule has 1 saturated heterocycles. The van der Waals surface area contributed by atoms with Gasteiger partial charge in [-0.05, 0) is 44.4 Å². The van der Waals surface area contributed by atoms with E-state index in [2.05, 4.69) is 4.90 Å². The van der Waals surface area contributed by atoms with Gasteiger partial charge in [-0.15, -0.1) is 0 Å². The van der Waals surface area contributed by atoms with Crippen LogP contribution in [0.2, 0.25) is 0 Å². The second kappa shape index (κ2) is 9.03. The van der Waals surface area contributed by atoms with Gasteiger partial charge in [0, 0.05) is 44.8 Å². The first kappa shape index (κ1) is 20.8. The number of carbonyl (C=O) groups is 2. The minimum absolute atomic E-state index is 0.142. The zero-order valence-electron chi connectivity index (χ0n) is 17.3. The average molecular weight is 390 g/mol. The SMILES string of the molecule is Cc1ccc(C(=O)N2CCN(C(C)C(=O)N(C)C3CCCCC3)CC2)cc1F. The van der Waals surface area contributed by atoms with Crippen molar-refractivity contribution in [3.63, 3.8) is 0 Å². The van der Waals surface area contributed by atoms with Gasteiger partial charge in [-0.1, -0.05) is 25.3 Å². The Labute approximate surface area is 167 Å². The number of carbonyl (C=O) groups excluding carboxylic acids is 2. The van der Waals surface area contributed by atoms with Crippen LogP contribution < -0.4 is 0 Å². The summed E-state index contributed by atoms with van der Waals surface area (Å²) in [6, 6.07) is 4.82. The van der Waals surface area contributed by atoms with Crippen LogP contribution in [0.15, 0.2) is 18.2 Å². The largest absolute Gasteiger partial charge is 0.341 e. The van der Waals surface area contributed by atoms with Crippen LogP contribution in [0.4, 0.5) is 4.39 Å². The molecule has 1 saturated carbocycles. The highest BCUT2D eigenvalue weighted by molar-refractivity contribution is 5.94. The van der Waals surface area contributed by atoms with E-state index >= 15 is 0 Å². The minimum Gasteiger partial charge on any atom is -0.341 e. The third-order valence-electron chi connectivity index (χ3n) is 6.40. The molecule has 1 aromatic carbocycles. The Morgan fingerprint density at radius 1 is 1.11 bits per heavy atom. The summed E-state index contributed by atoms with van der Waals surface area (Å²) in [6.45, 7) is 6.08. The van der Waals surface area contributed by atoms with Crippen LogP contribution in [0.5, 0.6) is 0 Å². The van der Waals surface area contributed by atoms with E-state index < -0.39 is 0 Å². The highest BCUT2D eigenvalue weighted by Crippen LogP contribution is 2.23. The van der Waals surface area contributed by atoms with Crippen molar-refractivity contribution in [1.29, 1.82) is 0 Å². The minimum atomic E-state index is -0.352. The molecule has 0 N–H and O–H groups in total. The maximum Gasteiger partial charge on any atom is 0.254 e. The summed E-state index contributed by atoms with van der Waals surface area (Å²) >= 11 is 0. The van der Waals surface area contributed by atoms with E-state index in [1.165, 1.54) is 25.3 Å². The summed E-state index contributed by atoms with van der Waals surface area (Å²) in [6.07, 6.45) is 5.89. The Hall–Kier alpha value is -1.95. The molecule has 1 atom stereocenters. The molecule has 1 aromatic rings. The number of aryl methyl sites for hydroxylation is 1. The Kier molecular flexibility index (Phi) is 6.70. The predicted molar refractivity (Wildman–Crippen MR) is 108 cm³/mol. The zero-order valence-corrected chi connectivity index (χ0v) is 17.3. The zero-order chi connectivity index (χ0) is 20.3. The fourth-order valence-electron chi connectivity index (χ4n) is 4.32. The fraction of sp³-hybridized carbons (Fsp3) is 0.636. The summed E-state index contributed by atoms with van der Waals surface area (Å²) in [7, 11) is 1.93. The molecule has 2 aliphatic rings. The molecule has 3 rings (SSSR count). The maximum absolute atomic E-state index is 13.8. The van der Waals surface area contributed by atoms with Crippen LogP contribution in [0, 0.1) is 12.7 Å². The lowest BCUT2D eigenvalue weighted by Gasteiger charge is -2.40. The molecular formula is C22H32FN3O2. The fourth-order valence-corrected chi connectivity index (χ4v) is 4.32. The lowest BCUT2D eigenvalue weighted by Crippen LogP contribution is -2.56. The molecule has 1 heterocycles. The summed E-state index contributed by atoms with van der Waals surface area (Å²) in [4.78, 5) is 31.4.